The molecule has 1 aromatic heterocycles. The highest BCUT2D eigenvalue weighted by atomic mass is 35.5. The van der Waals surface area contributed by atoms with Crippen LogP contribution in [-0.4, -0.2) is 47.1 Å². The smallest absolute Gasteiger partial charge is 0.306 e. The Kier molecular flexibility index (Phi) is 5.93. The van der Waals surface area contributed by atoms with Crippen molar-refractivity contribution in [2.24, 2.45) is 11.8 Å². The van der Waals surface area contributed by atoms with E-state index in [-0.39, 0.29) is 18.4 Å². The zero-order chi connectivity index (χ0) is 26.2. The Morgan fingerprint density at radius 1 is 1.03 bits per heavy atom. The van der Waals surface area contributed by atoms with Crippen molar-refractivity contribution in [1.29, 1.82) is 0 Å². The van der Waals surface area contributed by atoms with E-state index in [1.165, 1.54) is 0 Å². The van der Waals surface area contributed by atoms with E-state index in [9.17, 15) is 21.6 Å². The Labute approximate surface area is 222 Å². The van der Waals surface area contributed by atoms with Crippen molar-refractivity contribution < 1.29 is 21.6 Å². The van der Waals surface area contributed by atoms with Crippen LogP contribution in [0.5, 0.6) is 0 Å². The van der Waals surface area contributed by atoms with Gasteiger partial charge in [-0.05, 0) is 72.9 Å². The standard InChI is InChI=1S/C25H23Cl2F3N4O2S/c26-21-6-5-20(10-22(21)27)33-11-23(31-14-33)16-2-1-15-8-18-3-4-19(9-17(15)7-16)24(18)12-34(13-25(28,29)30)37(35,36)32-24/h1-2,5-7,10-11,14,18-19,32H,3-4,8-9,12-13H2/t18-,19+,24-/m1/s1. The van der Waals surface area contributed by atoms with Crippen LogP contribution in [0.25, 0.3) is 16.9 Å². The van der Waals surface area contributed by atoms with E-state index in [0.717, 1.165) is 40.9 Å². The number of hydrogen-bond acceptors (Lipinski definition) is 3. The molecule has 6 nitrogen and oxygen atoms in total. The highest BCUT2D eigenvalue weighted by molar-refractivity contribution is 7.87. The van der Waals surface area contributed by atoms with Crippen molar-refractivity contribution in [1.82, 2.24) is 18.6 Å². The average Bonchev–Trinajstić information content (AvgIpc) is 3.45. The molecule has 37 heavy (non-hydrogen) atoms. The van der Waals surface area contributed by atoms with E-state index in [0.29, 0.717) is 27.2 Å². The fraction of sp³-hybridized carbons (Fsp3) is 0.400. The van der Waals surface area contributed by atoms with Crippen LogP contribution in [-0.2, 0) is 23.1 Å². The molecule has 2 aliphatic carbocycles. The maximum atomic E-state index is 13.1. The summed E-state index contributed by atoms with van der Waals surface area (Å²) in [6.45, 7) is -1.62. The first-order chi connectivity index (χ1) is 17.4. The fourth-order valence-electron chi connectivity index (χ4n) is 6.26. The number of halogens is 5. The molecular formula is C25H23Cl2F3N4O2S. The van der Waals surface area contributed by atoms with Crippen LogP contribution in [0.2, 0.25) is 10.0 Å². The number of benzene rings is 2. The number of alkyl halides is 3. The minimum absolute atomic E-state index is 0.0635. The van der Waals surface area contributed by atoms with Gasteiger partial charge in [0.15, 0.2) is 0 Å². The molecule has 1 N–H and O–H groups in total. The van der Waals surface area contributed by atoms with Gasteiger partial charge in [-0.25, -0.2) is 4.98 Å². The van der Waals surface area contributed by atoms with E-state index in [1.54, 1.807) is 18.5 Å². The second kappa shape index (κ2) is 8.71. The third-order valence-corrected chi connectivity index (χ3v) is 10.3. The molecule has 0 radical (unpaired) electrons. The van der Waals surface area contributed by atoms with E-state index >= 15 is 0 Å². The van der Waals surface area contributed by atoms with E-state index in [2.05, 4.69) is 15.8 Å². The van der Waals surface area contributed by atoms with Gasteiger partial charge in [-0.3, -0.25) is 0 Å². The molecule has 12 heteroatoms. The molecule has 196 valence electrons. The summed E-state index contributed by atoms with van der Waals surface area (Å²) < 4.78 is 69.8. The largest absolute Gasteiger partial charge is 0.402 e. The van der Waals surface area contributed by atoms with Crippen LogP contribution in [0.1, 0.15) is 24.0 Å². The molecule has 1 spiro atoms. The molecule has 1 saturated carbocycles. The van der Waals surface area contributed by atoms with Crippen molar-refractivity contribution >= 4 is 33.4 Å². The topological polar surface area (TPSA) is 67.2 Å². The number of imidazole rings is 1. The van der Waals surface area contributed by atoms with E-state index in [1.807, 2.05) is 29.0 Å². The van der Waals surface area contributed by atoms with Crippen LogP contribution in [0, 0.1) is 11.8 Å². The minimum Gasteiger partial charge on any atom is -0.306 e. The van der Waals surface area contributed by atoms with Gasteiger partial charge >= 0.3 is 6.18 Å². The molecule has 2 fully saturated rings. The number of fused-ring (bicyclic) bond motifs is 1. The Morgan fingerprint density at radius 3 is 2.46 bits per heavy atom. The first kappa shape index (κ1) is 25.2. The Balaban J connectivity index is 1.29. The zero-order valence-corrected chi connectivity index (χ0v) is 21.8. The van der Waals surface area contributed by atoms with Crippen molar-refractivity contribution in [2.45, 2.75) is 37.4 Å². The summed E-state index contributed by atoms with van der Waals surface area (Å²) in [4.78, 5) is 4.55. The van der Waals surface area contributed by atoms with Gasteiger partial charge in [-0.2, -0.15) is 30.6 Å². The number of nitrogens with one attached hydrogen (secondary N) is 1. The summed E-state index contributed by atoms with van der Waals surface area (Å²) in [5, 5.41) is 0.912. The summed E-state index contributed by atoms with van der Waals surface area (Å²) in [6.07, 6.45) is 1.75. The van der Waals surface area contributed by atoms with Crippen molar-refractivity contribution in [3.8, 4) is 16.9 Å². The summed E-state index contributed by atoms with van der Waals surface area (Å²) in [5.74, 6) is -0.151. The van der Waals surface area contributed by atoms with Crippen LogP contribution in [0.3, 0.4) is 0 Å². The average molecular weight is 571 g/mol. The van der Waals surface area contributed by atoms with Gasteiger partial charge in [0.05, 0.1) is 27.6 Å². The molecule has 3 atom stereocenters. The maximum Gasteiger partial charge on any atom is 0.402 e. The summed E-state index contributed by atoms with van der Waals surface area (Å²) in [5.41, 5.74) is 3.79. The lowest BCUT2D eigenvalue weighted by molar-refractivity contribution is -0.136. The van der Waals surface area contributed by atoms with Crippen LogP contribution < -0.4 is 4.72 Å². The van der Waals surface area contributed by atoms with Gasteiger partial charge in [0.25, 0.3) is 10.2 Å². The third-order valence-electron chi connectivity index (χ3n) is 7.99. The summed E-state index contributed by atoms with van der Waals surface area (Å²) >= 11 is 12.2. The Hall–Kier alpha value is -2.11. The molecule has 3 aliphatic rings. The van der Waals surface area contributed by atoms with Gasteiger partial charge in [-0.1, -0.05) is 35.3 Å². The molecular weight excluding hydrogens is 548 g/mol. The first-order valence-corrected chi connectivity index (χ1v) is 14.1. The van der Waals surface area contributed by atoms with Crippen LogP contribution in [0.4, 0.5) is 13.2 Å². The predicted octanol–water partition coefficient (Wildman–Crippen LogP) is 5.42. The molecule has 1 saturated heterocycles. The highest BCUT2D eigenvalue weighted by Crippen LogP contribution is 2.50. The molecule has 1 aliphatic heterocycles. The molecule has 2 aromatic carbocycles. The number of rotatable bonds is 3. The molecule has 3 aromatic rings. The van der Waals surface area contributed by atoms with Gasteiger partial charge in [-0.15, -0.1) is 0 Å². The fourth-order valence-corrected chi connectivity index (χ4v) is 8.26. The van der Waals surface area contributed by atoms with Crippen molar-refractivity contribution in [3.63, 3.8) is 0 Å². The van der Waals surface area contributed by atoms with E-state index in [4.69, 9.17) is 23.2 Å². The molecule has 0 unspecified atom stereocenters. The van der Waals surface area contributed by atoms with Crippen LogP contribution >= 0.6 is 23.2 Å². The van der Waals surface area contributed by atoms with E-state index < -0.39 is 28.5 Å². The van der Waals surface area contributed by atoms with Crippen molar-refractivity contribution in [3.05, 3.63) is 70.1 Å². The Morgan fingerprint density at radius 2 is 1.76 bits per heavy atom. The highest BCUT2D eigenvalue weighted by Gasteiger charge is 2.60. The molecule has 2 bridgehead atoms. The number of aromatic nitrogens is 2. The minimum atomic E-state index is -4.59. The Bertz CT molecular complexity index is 1490. The third kappa shape index (κ3) is 4.46. The normalized spacial score (nSPS) is 26.9. The van der Waals surface area contributed by atoms with Gasteiger partial charge in [0.1, 0.15) is 6.54 Å². The summed E-state index contributed by atoms with van der Waals surface area (Å²) in [6, 6.07) is 11.4. The molecule has 2 heterocycles. The lowest BCUT2D eigenvalue weighted by atomic mass is 9.79. The lowest BCUT2D eigenvalue weighted by Crippen LogP contribution is -2.52. The van der Waals surface area contributed by atoms with Crippen molar-refractivity contribution in [2.75, 3.05) is 13.1 Å². The molecule has 6 rings (SSSR count). The quantitative estimate of drug-likeness (QED) is 0.457. The predicted molar refractivity (Wildman–Crippen MR) is 135 cm³/mol. The van der Waals surface area contributed by atoms with Gasteiger partial charge in [0.2, 0.25) is 0 Å². The second-order valence-electron chi connectivity index (χ2n) is 10.2. The second-order valence-corrected chi connectivity index (χ2v) is 12.6. The monoisotopic (exact) mass is 570 g/mol. The lowest BCUT2D eigenvalue weighted by Gasteiger charge is -2.33. The summed E-state index contributed by atoms with van der Waals surface area (Å²) in [7, 11) is -4.21. The van der Waals surface area contributed by atoms with Gasteiger partial charge in [0, 0.05) is 24.0 Å². The van der Waals surface area contributed by atoms with Crippen LogP contribution in [0.15, 0.2) is 48.9 Å². The number of nitrogens with zero attached hydrogens (tertiary/aromatic N) is 3. The first-order valence-electron chi connectivity index (χ1n) is 11.9. The number of hydrogen-bond donors (Lipinski definition) is 1. The zero-order valence-electron chi connectivity index (χ0n) is 19.5. The molecule has 0 amide bonds. The SMILES string of the molecule is O=S1(=O)N[C@]2(CN1CC(F)(F)F)[C@@H]1CC[C@H]2Cc2cc(-c3cn(-c4ccc(Cl)c(Cl)c4)cn3)ccc2C1. The van der Waals surface area contributed by atoms with Gasteiger partial charge < -0.3 is 4.57 Å². The maximum absolute atomic E-state index is 13.1.